The average Bonchev–Trinajstić information content (AvgIpc) is 2.55. The molecule has 0 amide bonds. The smallest absolute Gasteiger partial charge is 0.176 e. The molecule has 0 aliphatic rings. The number of halogens is 1. The van der Waals surface area contributed by atoms with Gasteiger partial charge >= 0.3 is 0 Å². The van der Waals surface area contributed by atoms with Crippen molar-refractivity contribution >= 4 is 23.3 Å². The Morgan fingerprint density at radius 2 is 1.86 bits per heavy atom. The van der Waals surface area contributed by atoms with Crippen LogP contribution in [0.4, 0.5) is 0 Å². The molecule has 22 heavy (non-hydrogen) atoms. The minimum absolute atomic E-state index is 0.121. The molecule has 112 valence electrons. The zero-order valence-corrected chi connectivity index (χ0v) is 12.9. The molecule has 0 saturated carbocycles. The summed E-state index contributed by atoms with van der Waals surface area (Å²) in [6.45, 7) is 0. The quantitative estimate of drug-likeness (QED) is 0.680. The molecule has 0 aromatic heterocycles. The second kappa shape index (κ2) is 6.88. The zero-order chi connectivity index (χ0) is 16.1. The van der Waals surface area contributed by atoms with Gasteiger partial charge in [-0.25, -0.2) is 0 Å². The molecule has 0 radical (unpaired) electrons. The fraction of sp³-hybridized carbons (Fsp3) is 0.118. The molecule has 0 unspecified atom stereocenters. The van der Waals surface area contributed by atoms with E-state index in [0.29, 0.717) is 11.1 Å². The molecule has 4 nitrogen and oxygen atoms in total. The van der Waals surface area contributed by atoms with Gasteiger partial charge in [0, 0.05) is 0 Å². The van der Waals surface area contributed by atoms with Crippen molar-refractivity contribution in [3.8, 4) is 23.3 Å². The number of phenols is 1. The van der Waals surface area contributed by atoms with Gasteiger partial charge in [-0.2, -0.15) is 5.26 Å². The van der Waals surface area contributed by atoms with Crippen molar-refractivity contribution in [2.45, 2.75) is 0 Å². The molecule has 5 heteroatoms. The normalized spacial score (nSPS) is 10.9. The molecule has 0 heterocycles. The van der Waals surface area contributed by atoms with Crippen molar-refractivity contribution in [1.29, 1.82) is 5.26 Å². The van der Waals surface area contributed by atoms with Crippen molar-refractivity contribution in [2.24, 2.45) is 0 Å². The highest BCUT2D eigenvalue weighted by molar-refractivity contribution is 6.32. The molecule has 0 saturated heterocycles. The van der Waals surface area contributed by atoms with E-state index in [1.165, 1.54) is 7.11 Å². The van der Waals surface area contributed by atoms with Gasteiger partial charge < -0.3 is 14.6 Å². The van der Waals surface area contributed by atoms with Crippen LogP contribution in [0.25, 0.3) is 11.6 Å². The van der Waals surface area contributed by atoms with E-state index < -0.39 is 0 Å². The standard InChI is InChI=1S/C17H14ClNO3/c1-21-14-5-3-12(4-6-14)13(10-19)7-11-8-15(18)17(20)16(9-11)22-2/h3-9,20H,1-2H3/b13-7+. The first-order chi connectivity index (χ1) is 10.6. The molecule has 2 aromatic carbocycles. The van der Waals surface area contributed by atoms with Gasteiger partial charge in [0.2, 0.25) is 0 Å². The molecule has 0 aliphatic heterocycles. The van der Waals surface area contributed by atoms with Gasteiger partial charge in [0.15, 0.2) is 11.5 Å². The average molecular weight is 316 g/mol. The number of nitrogens with zero attached hydrogens (tertiary/aromatic N) is 1. The Balaban J connectivity index is 2.44. The predicted molar refractivity (Wildman–Crippen MR) is 86.1 cm³/mol. The lowest BCUT2D eigenvalue weighted by molar-refractivity contribution is 0.373. The minimum Gasteiger partial charge on any atom is -0.503 e. The maximum atomic E-state index is 9.73. The second-order valence-corrected chi connectivity index (χ2v) is 4.86. The third-order valence-corrected chi connectivity index (χ3v) is 3.39. The summed E-state index contributed by atoms with van der Waals surface area (Å²) in [5.74, 6) is 0.852. The Kier molecular flexibility index (Phi) is 4.92. The number of methoxy groups -OCH3 is 2. The first-order valence-electron chi connectivity index (χ1n) is 6.41. The summed E-state index contributed by atoms with van der Waals surface area (Å²) in [6, 6.07) is 12.5. The van der Waals surface area contributed by atoms with Crippen LogP contribution in [0.1, 0.15) is 11.1 Å². The van der Waals surface area contributed by atoms with Gasteiger partial charge in [0.05, 0.1) is 30.9 Å². The SMILES string of the molecule is COc1ccc(/C(C#N)=C/c2cc(Cl)c(O)c(OC)c2)cc1. The Hall–Kier alpha value is -2.64. The number of rotatable bonds is 4. The lowest BCUT2D eigenvalue weighted by Gasteiger charge is -2.07. The molecule has 0 aliphatic carbocycles. The van der Waals surface area contributed by atoms with Crippen LogP contribution in [-0.2, 0) is 0 Å². The lowest BCUT2D eigenvalue weighted by atomic mass is 10.0. The number of nitriles is 1. The second-order valence-electron chi connectivity index (χ2n) is 4.45. The van der Waals surface area contributed by atoms with Crippen molar-refractivity contribution < 1.29 is 14.6 Å². The number of allylic oxidation sites excluding steroid dienone is 1. The fourth-order valence-electron chi connectivity index (χ4n) is 1.95. The van der Waals surface area contributed by atoms with Crippen molar-refractivity contribution in [3.05, 3.63) is 52.5 Å². The first-order valence-corrected chi connectivity index (χ1v) is 6.79. The number of hydrogen-bond donors (Lipinski definition) is 1. The number of benzene rings is 2. The highest BCUT2D eigenvalue weighted by Gasteiger charge is 2.09. The molecule has 0 spiro atoms. The summed E-state index contributed by atoms with van der Waals surface area (Å²) < 4.78 is 10.2. The Bertz CT molecular complexity index is 746. The van der Waals surface area contributed by atoms with E-state index in [9.17, 15) is 10.4 Å². The Labute approximate surface area is 133 Å². The van der Waals surface area contributed by atoms with Crippen molar-refractivity contribution in [2.75, 3.05) is 14.2 Å². The molecular weight excluding hydrogens is 302 g/mol. The molecular formula is C17H14ClNO3. The van der Waals surface area contributed by atoms with Crippen molar-refractivity contribution in [1.82, 2.24) is 0 Å². The van der Waals surface area contributed by atoms with Crippen LogP contribution in [0, 0.1) is 11.3 Å². The molecule has 0 atom stereocenters. The van der Waals surface area contributed by atoms with Gasteiger partial charge in [-0.05, 0) is 53.6 Å². The summed E-state index contributed by atoms with van der Waals surface area (Å²) in [5.41, 5.74) is 1.88. The van der Waals surface area contributed by atoms with Crippen LogP contribution in [-0.4, -0.2) is 19.3 Å². The maximum Gasteiger partial charge on any atom is 0.176 e. The van der Waals surface area contributed by atoms with Gasteiger partial charge in [0.1, 0.15) is 5.75 Å². The predicted octanol–water partition coefficient (Wildman–Crippen LogP) is 4.13. The molecule has 1 N–H and O–H groups in total. The highest BCUT2D eigenvalue weighted by atomic mass is 35.5. The molecule has 0 bridgehead atoms. The minimum atomic E-state index is -0.121. The van der Waals surface area contributed by atoms with E-state index >= 15 is 0 Å². The summed E-state index contributed by atoms with van der Waals surface area (Å²) >= 11 is 5.95. The molecule has 2 aromatic rings. The third-order valence-electron chi connectivity index (χ3n) is 3.10. The van der Waals surface area contributed by atoms with Crippen molar-refractivity contribution in [3.63, 3.8) is 0 Å². The van der Waals surface area contributed by atoms with Crippen LogP contribution in [0.2, 0.25) is 5.02 Å². The Morgan fingerprint density at radius 1 is 1.18 bits per heavy atom. The summed E-state index contributed by atoms with van der Waals surface area (Å²) in [7, 11) is 3.02. The van der Waals surface area contributed by atoms with Crippen LogP contribution >= 0.6 is 11.6 Å². The largest absolute Gasteiger partial charge is 0.503 e. The highest BCUT2D eigenvalue weighted by Crippen LogP contribution is 2.36. The summed E-state index contributed by atoms with van der Waals surface area (Å²) in [5, 5.41) is 19.3. The monoisotopic (exact) mass is 315 g/mol. The number of aromatic hydroxyl groups is 1. The maximum absolute atomic E-state index is 9.73. The van der Waals surface area contributed by atoms with E-state index in [2.05, 4.69) is 6.07 Å². The topological polar surface area (TPSA) is 62.5 Å². The zero-order valence-electron chi connectivity index (χ0n) is 12.1. The molecule has 0 fully saturated rings. The molecule has 2 rings (SSSR count). The van der Waals surface area contributed by atoms with Crippen LogP contribution in [0.3, 0.4) is 0 Å². The number of phenolic OH excluding ortho intramolecular Hbond substituents is 1. The Morgan fingerprint density at radius 3 is 2.41 bits per heavy atom. The van der Waals surface area contributed by atoms with Gasteiger partial charge in [-0.1, -0.05) is 11.6 Å². The van der Waals surface area contributed by atoms with E-state index in [-0.39, 0.29) is 16.5 Å². The van der Waals surface area contributed by atoms with Crippen LogP contribution in [0.5, 0.6) is 17.2 Å². The van der Waals surface area contributed by atoms with Crippen LogP contribution < -0.4 is 9.47 Å². The van der Waals surface area contributed by atoms with E-state index in [1.807, 2.05) is 0 Å². The fourth-order valence-corrected chi connectivity index (χ4v) is 2.17. The van der Waals surface area contributed by atoms with Gasteiger partial charge in [0.25, 0.3) is 0 Å². The van der Waals surface area contributed by atoms with Gasteiger partial charge in [-0.15, -0.1) is 0 Å². The van der Waals surface area contributed by atoms with Crippen LogP contribution in [0.15, 0.2) is 36.4 Å². The summed E-state index contributed by atoms with van der Waals surface area (Å²) in [6.07, 6.45) is 1.68. The number of hydrogen-bond acceptors (Lipinski definition) is 4. The van der Waals surface area contributed by atoms with E-state index in [4.69, 9.17) is 21.1 Å². The van der Waals surface area contributed by atoms with Gasteiger partial charge in [-0.3, -0.25) is 0 Å². The number of ether oxygens (including phenoxy) is 2. The summed E-state index contributed by atoms with van der Waals surface area (Å²) in [4.78, 5) is 0. The third kappa shape index (κ3) is 3.33. The van der Waals surface area contributed by atoms with E-state index in [1.54, 1.807) is 49.6 Å². The van der Waals surface area contributed by atoms with E-state index in [0.717, 1.165) is 11.3 Å². The lowest BCUT2D eigenvalue weighted by Crippen LogP contribution is -1.88. The first kappa shape index (κ1) is 15.7.